The van der Waals surface area contributed by atoms with Crippen LogP contribution in [-0.4, -0.2) is 39.2 Å². The monoisotopic (exact) mass is 379 g/mol. The van der Waals surface area contributed by atoms with Crippen molar-refractivity contribution in [2.45, 2.75) is 24.8 Å². The molecule has 0 aliphatic carbocycles. The minimum absolute atomic E-state index is 0.0568. The van der Waals surface area contributed by atoms with E-state index in [9.17, 15) is 13.2 Å². The number of carbonyl (C=O) groups excluding carboxylic acids is 1. The lowest BCUT2D eigenvalue weighted by Crippen LogP contribution is -2.30. The van der Waals surface area contributed by atoms with Crippen LogP contribution >= 0.6 is 0 Å². The summed E-state index contributed by atoms with van der Waals surface area (Å²) in [4.78, 5) is 12.3. The molecular weight excluding hydrogens is 358 g/mol. The summed E-state index contributed by atoms with van der Waals surface area (Å²) >= 11 is 0. The molecule has 1 aromatic carbocycles. The molecule has 1 fully saturated rings. The van der Waals surface area contributed by atoms with E-state index >= 15 is 0 Å². The Kier molecular flexibility index (Phi) is 5.70. The SMILES string of the molecule is Cc1cc(CNC(=O)c2cccc(S(=O)(=O)NCC3CCOC3)c2)no1. The average molecular weight is 379 g/mol. The van der Waals surface area contributed by atoms with Crippen LogP contribution in [0.15, 0.2) is 39.8 Å². The van der Waals surface area contributed by atoms with Gasteiger partial charge in [-0.1, -0.05) is 11.2 Å². The van der Waals surface area contributed by atoms with Gasteiger partial charge in [0.05, 0.1) is 18.0 Å². The maximum atomic E-state index is 12.4. The molecule has 2 N–H and O–H groups in total. The van der Waals surface area contributed by atoms with Crippen molar-refractivity contribution in [3.63, 3.8) is 0 Å². The van der Waals surface area contributed by atoms with Crippen molar-refractivity contribution in [2.75, 3.05) is 19.8 Å². The van der Waals surface area contributed by atoms with Crippen LogP contribution in [-0.2, 0) is 21.3 Å². The van der Waals surface area contributed by atoms with Gasteiger partial charge in [-0.2, -0.15) is 0 Å². The first kappa shape index (κ1) is 18.6. The number of nitrogens with one attached hydrogen (secondary N) is 2. The van der Waals surface area contributed by atoms with Gasteiger partial charge in [0, 0.05) is 24.8 Å². The van der Waals surface area contributed by atoms with E-state index in [0.717, 1.165) is 6.42 Å². The second kappa shape index (κ2) is 7.98. The Balaban J connectivity index is 1.63. The number of sulfonamides is 1. The summed E-state index contributed by atoms with van der Waals surface area (Å²) in [5.74, 6) is 0.454. The molecule has 1 saturated heterocycles. The van der Waals surface area contributed by atoms with Gasteiger partial charge in [-0.25, -0.2) is 13.1 Å². The summed E-state index contributed by atoms with van der Waals surface area (Å²) in [7, 11) is -3.68. The molecule has 2 heterocycles. The first-order valence-corrected chi connectivity index (χ1v) is 9.80. The van der Waals surface area contributed by atoms with Gasteiger partial charge in [0.2, 0.25) is 10.0 Å². The number of carbonyl (C=O) groups is 1. The lowest BCUT2D eigenvalue weighted by atomic mass is 10.1. The van der Waals surface area contributed by atoms with Gasteiger partial charge in [-0.05, 0) is 37.5 Å². The minimum Gasteiger partial charge on any atom is -0.381 e. The molecule has 26 heavy (non-hydrogen) atoms. The van der Waals surface area contributed by atoms with E-state index in [1.807, 2.05) is 0 Å². The van der Waals surface area contributed by atoms with Gasteiger partial charge in [-0.3, -0.25) is 4.79 Å². The van der Waals surface area contributed by atoms with E-state index < -0.39 is 10.0 Å². The van der Waals surface area contributed by atoms with Gasteiger partial charge in [0.25, 0.3) is 5.91 Å². The predicted octanol–water partition coefficient (Wildman–Crippen LogP) is 1.23. The van der Waals surface area contributed by atoms with E-state index in [4.69, 9.17) is 9.26 Å². The zero-order valence-corrected chi connectivity index (χ0v) is 15.2. The number of ether oxygens (including phenoxy) is 1. The van der Waals surface area contributed by atoms with E-state index in [1.54, 1.807) is 25.1 Å². The fourth-order valence-electron chi connectivity index (χ4n) is 2.63. The Bertz CT molecular complexity index is 872. The molecule has 2 aromatic rings. The molecule has 1 aromatic heterocycles. The molecule has 9 heteroatoms. The van der Waals surface area contributed by atoms with Crippen LogP contribution in [0.3, 0.4) is 0 Å². The van der Waals surface area contributed by atoms with Crippen LogP contribution in [0.1, 0.15) is 28.2 Å². The third kappa shape index (κ3) is 4.69. The lowest BCUT2D eigenvalue weighted by Gasteiger charge is -2.11. The van der Waals surface area contributed by atoms with Crippen LogP contribution in [0.2, 0.25) is 0 Å². The number of amides is 1. The zero-order valence-electron chi connectivity index (χ0n) is 14.4. The molecule has 0 bridgehead atoms. The average Bonchev–Trinajstić information content (AvgIpc) is 3.29. The summed E-state index contributed by atoms with van der Waals surface area (Å²) in [6.07, 6.45) is 0.840. The quantitative estimate of drug-likeness (QED) is 0.749. The molecule has 1 aliphatic rings. The molecule has 140 valence electrons. The van der Waals surface area contributed by atoms with Gasteiger partial charge in [0.15, 0.2) is 0 Å². The zero-order chi connectivity index (χ0) is 18.6. The van der Waals surface area contributed by atoms with Crippen LogP contribution in [0.5, 0.6) is 0 Å². The van der Waals surface area contributed by atoms with Gasteiger partial charge < -0.3 is 14.6 Å². The number of hydrogen-bond acceptors (Lipinski definition) is 6. The Morgan fingerprint density at radius 1 is 1.35 bits per heavy atom. The molecule has 0 radical (unpaired) electrons. The van der Waals surface area contributed by atoms with Crippen LogP contribution in [0.25, 0.3) is 0 Å². The second-order valence-electron chi connectivity index (χ2n) is 6.22. The molecular formula is C17H21N3O5S. The van der Waals surface area contributed by atoms with Gasteiger partial charge in [0.1, 0.15) is 11.5 Å². The van der Waals surface area contributed by atoms with Crippen molar-refractivity contribution in [1.82, 2.24) is 15.2 Å². The Labute approximate surface area is 152 Å². The van der Waals surface area contributed by atoms with Crippen molar-refractivity contribution in [2.24, 2.45) is 5.92 Å². The van der Waals surface area contributed by atoms with Crippen molar-refractivity contribution < 1.29 is 22.5 Å². The van der Waals surface area contributed by atoms with Crippen molar-refractivity contribution in [3.05, 3.63) is 47.3 Å². The molecule has 8 nitrogen and oxygen atoms in total. The smallest absolute Gasteiger partial charge is 0.251 e. The van der Waals surface area contributed by atoms with E-state index in [1.165, 1.54) is 12.1 Å². The summed E-state index contributed by atoms with van der Waals surface area (Å²) in [6.45, 7) is 3.51. The highest BCUT2D eigenvalue weighted by molar-refractivity contribution is 7.89. The van der Waals surface area contributed by atoms with E-state index in [2.05, 4.69) is 15.2 Å². The highest BCUT2D eigenvalue weighted by Gasteiger charge is 2.21. The standard InChI is InChI=1S/C17H21N3O5S/c1-12-7-15(20-25-12)10-18-17(21)14-3-2-4-16(8-14)26(22,23)19-9-13-5-6-24-11-13/h2-4,7-8,13,19H,5-6,9-11H2,1H3,(H,18,21). The lowest BCUT2D eigenvalue weighted by molar-refractivity contribution is 0.0950. The predicted molar refractivity (Wildman–Crippen MR) is 93.0 cm³/mol. The molecule has 1 amide bonds. The first-order chi connectivity index (χ1) is 12.4. The van der Waals surface area contributed by atoms with Crippen molar-refractivity contribution in [1.29, 1.82) is 0 Å². The van der Waals surface area contributed by atoms with E-state index in [-0.39, 0.29) is 28.8 Å². The number of rotatable bonds is 7. The summed E-state index contributed by atoms with van der Waals surface area (Å²) in [6, 6.07) is 7.65. The fraction of sp³-hybridized carbons (Fsp3) is 0.412. The number of hydrogen-bond donors (Lipinski definition) is 2. The Morgan fingerprint density at radius 2 is 2.19 bits per heavy atom. The third-order valence-electron chi connectivity index (χ3n) is 4.10. The Morgan fingerprint density at radius 3 is 2.88 bits per heavy atom. The molecule has 1 unspecified atom stereocenters. The molecule has 1 atom stereocenters. The highest BCUT2D eigenvalue weighted by atomic mass is 32.2. The first-order valence-electron chi connectivity index (χ1n) is 8.32. The molecule has 0 saturated carbocycles. The topological polar surface area (TPSA) is 111 Å². The van der Waals surface area contributed by atoms with Crippen LogP contribution in [0.4, 0.5) is 0 Å². The van der Waals surface area contributed by atoms with Crippen LogP contribution in [0, 0.1) is 12.8 Å². The second-order valence-corrected chi connectivity index (χ2v) is 7.99. The van der Waals surface area contributed by atoms with Gasteiger partial charge in [-0.15, -0.1) is 0 Å². The normalized spacial score (nSPS) is 17.3. The number of nitrogens with zero attached hydrogens (tertiary/aromatic N) is 1. The highest BCUT2D eigenvalue weighted by Crippen LogP contribution is 2.15. The van der Waals surface area contributed by atoms with E-state index in [0.29, 0.717) is 31.2 Å². The molecule has 3 rings (SSSR count). The Hall–Kier alpha value is -2.23. The fourth-order valence-corrected chi connectivity index (χ4v) is 3.80. The molecule has 0 spiro atoms. The van der Waals surface area contributed by atoms with Crippen molar-refractivity contribution >= 4 is 15.9 Å². The number of benzene rings is 1. The van der Waals surface area contributed by atoms with Crippen molar-refractivity contribution in [3.8, 4) is 0 Å². The maximum absolute atomic E-state index is 12.4. The van der Waals surface area contributed by atoms with Crippen LogP contribution < -0.4 is 10.0 Å². The number of aromatic nitrogens is 1. The maximum Gasteiger partial charge on any atom is 0.251 e. The summed E-state index contributed by atoms with van der Waals surface area (Å²) < 4.78 is 37.6. The molecule has 1 aliphatic heterocycles. The summed E-state index contributed by atoms with van der Waals surface area (Å²) in [5, 5.41) is 6.49. The van der Waals surface area contributed by atoms with Gasteiger partial charge >= 0.3 is 0 Å². The largest absolute Gasteiger partial charge is 0.381 e. The summed E-state index contributed by atoms with van der Waals surface area (Å²) in [5.41, 5.74) is 0.859. The number of aryl methyl sites for hydroxylation is 1. The minimum atomic E-state index is -3.68. The third-order valence-corrected chi connectivity index (χ3v) is 5.52.